The lowest BCUT2D eigenvalue weighted by Gasteiger charge is -2.19. The second kappa shape index (κ2) is 5.65. The van der Waals surface area contributed by atoms with E-state index in [-0.39, 0.29) is 16.3 Å². The van der Waals surface area contributed by atoms with Crippen LogP contribution < -0.4 is 9.80 Å². The molecule has 4 nitrogen and oxygen atoms in total. The molecule has 0 aliphatic carbocycles. The Hall–Kier alpha value is -1.49. The van der Waals surface area contributed by atoms with Crippen LogP contribution in [0.2, 0.25) is 0 Å². The molecular formula is C14H18N2O2S. The van der Waals surface area contributed by atoms with Crippen molar-refractivity contribution in [3.8, 4) is 0 Å². The zero-order valence-electron chi connectivity index (χ0n) is 11.4. The topological polar surface area (TPSA) is 40.6 Å². The Labute approximate surface area is 117 Å². The fourth-order valence-electron chi connectivity index (χ4n) is 2.18. The van der Waals surface area contributed by atoms with Gasteiger partial charge in [0.25, 0.3) is 0 Å². The Kier molecular flexibility index (Phi) is 4.14. The molecule has 1 aromatic rings. The van der Waals surface area contributed by atoms with Crippen molar-refractivity contribution in [1.29, 1.82) is 0 Å². The highest BCUT2D eigenvalue weighted by molar-refractivity contribution is 8.14. The number of anilines is 2. The van der Waals surface area contributed by atoms with E-state index in [0.717, 1.165) is 11.4 Å². The minimum Gasteiger partial charge on any atom is -0.378 e. The summed E-state index contributed by atoms with van der Waals surface area (Å²) in [5, 5.41) is 0.148. The first-order chi connectivity index (χ1) is 8.97. The van der Waals surface area contributed by atoms with Crippen LogP contribution in [0, 0.1) is 0 Å². The van der Waals surface area contributed by atoms with Crippen molar-refractivity contribution in [3.63, 3.8) is 0 Å². The molecule has 0 bridgehead atoms. The molecule has 1 saturated heterocycles. The standard InChI is InChI=1S/C14H18N2O2S/c1-10(17)19-13-8-14(18)16(9-13)12-6-4-5-11(7-12)15(2)3/h4-7,13H,8-9H2,1-3H3. The van der Waals surface area contributed by atoms with Crippen molar-refractivity contribution in [2.75, 3.05) is 30.4 Å². The van der Waals surface area contributed by atoms with E-state index >= 15 is 0 Å². The quantitative estimate of drug-likeness (QED) is 0.849. The van der Waals surface area contributed by atoms with E-state index in [1.165, 1.54) is 11.8 Å². The van der Waals surface area contributed by atoms with Crippen molar-refractivity contribution in [2.24, 2.45) is 0 Å². The second-order valence-corrected chi connectivity index (χ2v) is 6.33. The average molecular weight is 278 g/mol. The molecule has 1 fully saturated rings. The van der Waals surface area contributed by atoms with Crippen molar-refractivity contribution in [1.82, 2.24) is 0 Å². The zero-order chi connectivity index (χ0) is 14.0. The summed E-state index contributed by atoms with van der Waals surface area (Å²) in [6.45, 7) is 2.16. The Morgan fingerprint density at radius 1 is 1.42 bits per heavy atom. The van der Waals surface area contributed by atoms with Crippen LogP contribution in [-0.2, 0) is 9.59 Å². The van der Waals surface area contributed by atoms with Crippen LogP contribution in [0.15, 0.2) is 24.3 Å². The Bertz CT molecular complexity index is 502. The van der Waals surface area contributed by atoms with Gasteiger partial charge < -0.3 is 9.80 Å². The van der Waals surface area contributed by atoms with Gasteiger partial charge in [0.05, 0.1) is 0 Å². The van der Waals surface area contributed by atoms with Crippen LogP contribution in [0.5, 0.6) is 0 Å². The lowest BCUT2D eigenvalue weighted by molar-refractivity contribution is -0.117. The van der Waals surface area contributed by atoms with Gasteiger partial charge in [-0.2, -0.15) is 0 Å². The summed E-state index contributed by atoms with van der Waals surface area (Å²) in [7, 11) is 3.94. The van der Waals surface area contributed by atoms with Gasteiger partial charge in [0, 0.05) is 50.6 Å². The van der Waals surface area contributed by atoms with E-state index < -0.39 is 0 Å². The first-order valence-corrected chi connectivity index (χ1v) is 7.10. The Morgan fingerprint density at radius 2 is 2.16 bits per heavy atom. The second-order valence-electron chi connectivity index (χ2n) is 4.85. The Balaban J connectivity index is 2.16. The summed E-state index contributed by atoms with van der Waals surface area (Å²) in [5.74, 6) is 0.0923. The van der Waals surface area contributed by atoms with Crippen molar-refractivity contribution >= 4 is 34.2 Å². The van der Waals surface area contributed by atoms with Crippen LogP contribution in [0.1, 0.15) is 13.3 Å². The van der Waals surface area contributed by atoms with Crippen molar-refractivity contribution < 1.29 is 9.59 Å². The molecule has 2 rings (SSSR count). The first kappa shape index (κ1) is 13.9. The van der Waals surface area contributed by atoms with Crippen LogP contribution in [0.25, 0.3) is 0 Å². The number of amides is 1. The number of rotatable bonds is 3. The van der Waals surface area contributed by atoms with Crippen LogP contribution in [0.4, 0.5) is 11.4 Å². The molecule has 1 aliphatic heterocycles. The maximum Gasteiger partial charge on any atom is 0.228 e. The number of hydrogen-bond donors (Lipinski definition) is 0. The van der Waals surface area contributed by atoms with Gasteiger partial charge in [0.1, 0.15) is 0 Å². The normalized spacial score (nSPS) is 18.8. The number of hydrogen-bond acceptors (Lipinski definition) is 4. The highest BCUT2D eigenvalue weighted by Gasteiger charge is 2.31. The molecule has 1 atom stereocenters. The maximum absolute atomic E-state index is 12.0. The van der Waals surface area contributed by atoms with Crippen LogP contribution in [0.3, 0.4) is 0 Å². The fourth-order valence-corrected chi connectivity index (χ4v) is 3.10. The van der Waals surface area contributed by atoms with E-state index in [0.29, 0.717) is 13.0 Å². The highest BCUT2D eigenvalue weighted by atomic mass is 32.2. The molecule has 5 heteroatoms. The van der Waals surface area contributed by atoms with Gasteiger partial charge in [-0.15, -0.1) is 0 Å². The van der Waals surface area contributed by atoms with Crippen molar-refractivity contribution in [2.45, 2.75) is 18.6 Å². The number of carbonyl (C=O) groups is 2. The number of thioether (sulfide) groups is 1. The summed E-state index contributed by atoms with van der Waals surface area (Å²) in [6.07, 6.45) is 0.441. The van der Waals surface area contributed by atoms with Gasteiger partial charge in [0.15, 0.2) is 5.12 Å². The van der Waals surface area contributed by atoms with Crippen LogP contribution >= 0.6 is 11.8 Å². The third kappa shape index (κ3) is 3.29. The molecule has 0 spiro atoms. The summed E-state index contributed by atoms with van der Waals surface area (Å²) in [5.41, 5.74) is 1.97. The minimum atomic E-state index is 0.0710. The molecule has 0 radical (unpaired) electrons. The molecule has 19 heavy (non-hydrogen) atoms. The molecule has 1 heterocycles. The molecule has 1 aliphatic rings. The van der Waals surface area contributed by atoms with E-state index in [1.807, 2.05) is 43.3 Å². The zero-order valence-corrected chi connectivity index (χ0v) is 12.2. The Morgan fingerprint density at radius 3 is 2.79 bits per heavy atom. The van der Waals surface area contributed by atoms with E-state index in [1.54, 1.807) is 11.8 Å². The summed E-state index contributed by atoms with van der Waals surface area (Å²) >= 11 is 1.26. The average Bonchev–Trinajstić information content (AvgIpc) is 2.69. The van der Waals surface area contributed by atoms with Crippen LogP contribution in [-0.4, -0.2) is 36.9 Å². The molecular weight excluding hydrogens is 260 g/mol. The smallest absolute Gasteiger partial charge is 0.228 e. The number of carbonyl (C=O) groups excluding carboxylic acids is 2. The van der Waals surface area contributed by atoms with E-state index in [9.17, 15) is 9.59 Å². The molecule has 0 saturated carbocycles. The lowest BCUT2D eigenvalue weighted by Crippen LogP contribution is -2.25. The van der Waals surface area contributed by atoms with Gasteiger partial charge >= 0.3 is 0 Å². The van der Waals surface area contributed by atoms with Gasteiger partial charge in [-0.1, -0.05) is 17.8 Å². The third-order valence-electron chi connectivity index (χ3n) is 3.08. The molecule has 1 unspecified atom stereocenters. The van der Waals surface area contributed by atoms with Gasteiger partial charge in [-0.05, 0) is 18.2 Å². The van der Waals surface area contributed by atoms with Gasteiger partial charge in [0.2, 0.25) is 5.91 Å². The summed E-state index contributed by atoms with van der Waals surface area (Å²) < 4.78 is 0. The van der Waals surface area contributed by atoms with Gasteiger partial charge in [-0.3, -0.25) is 9.59 Å². The molecule has 0 N–H and O–H groups in total. The summed E-state index contributed by atoms with van der Waals surface area (Å²) in [6, 6.07) is 7.89. The van der Waals surface area contributed by atoms with Crippen molar-refractivity contribution in [3.05, 3.63) is 24.3 Å². The highest BCUT2D eigenvalue weighted by Crippen LogP contribution is 2.30. The third-order valence-corrected chi connectivity index (χ3v) is 4.06. The molecule has 1 amide bonds. The lowest BCUT2D eigenvalue weighted by atomic mass is 10.2. The largest absolute Gasteiger partial charge is 0.378 e. The van der Waals surface area contributed by atoms with E-state index in [4.69, 9.17) is 0 Å². The minimum absolute atomic E-state index is 0.0710. The fraction of sp³-hybridized carbons (Fsp3) is 0.429. The predicted molar refractivity (Wildman–Crippen MR) is 79.8 cm³/mol. The molecule has 0 aromatic heterocycles. The van der Waals surface area contributed by atoms with Gasteiger partial charge in [-0.25, -0.2) is 0 Å². The molecule has 102 valence electrons. The van der Waals surface area contributed by atoms with E-state index in [2.05, 4.69) is 0 Å². The maximum atomic E-state index is 12.0. The first-order valence-electron chi connectivity index (χ1n) is 6.22. The molecule has 1 aromatic carbocycles. The summed E-state index contributed by atoms with van der Waals surface area (Å²) in [4.78, 5) is 26.9. The SMILES string of the molecule is CC(=O)SC1CC(=O)N(c2cccc(N(C)C)c2)C1. The number of benzene rings is 1. The number of nitrogens with zero attached hydrogens (tertiary/aromatic N) is 2. The monoisotopic (exact) mass is 278 g/mol. The predicted octanol–water partition coefficient (Wildman–Crippen LogP) is 2.14.